The van der Waals surface area contributed by atoms with E-state index in [0.29, 0.717) is 6.42 Å². The van der Waals surface area contributed by atoms with E-state index >= 15 is 0 Å². The lowest BCUT2D eigenvalue weighted by Crippen LogP contribution is -2.25. The van der Waals surface area contributed by atoms with Gasteiger partial charge in [-0.25, -0.2) is 4.39 Å². The van der Waals surface area contributed by atoms with Crippen LogP contribution in [0.5, 0.6) is 0 Å². The van der Waals surface area contributed by atoms with Crippen LogP contribution in [0.1, 0.15) is 30.6 Å². The first-order valence-corrected chi connectivity index (χ1v) is 8.47. The first kappa shape index (κ1) is 16.6. The van der Waals surface area contributed by atoms with E-state index in [-0.39, 0.29) is 11.9 Å². The normalized spacial score (nSPS) is 12.4. The van der Waals surface area contributed by atoms with Crippen LogP contribution in [-0.4, -0.2) is 11.5 Å². The summed E-state index contributed by atoms with van der Waals surface area (Å²) in [5, 5.41) is 3.48. The number of rotatable bonds is 6. The minimum absolute atomic E-state index is 0.0659. The molecule has 1 heterocycles. The van der Waals surface area contributed by atoms with Crippen LogP contribution in [-0.2, 0) is 6.42 Å². The molecular formula is C16H17Br2FN2. The Morgan fingerprint density at radius 2 is 2.05 bits per heavy atom. The van der Waals surface area contributed by atoms with E-state index in [1.807, 2.05) is 12.1 Å². The van der Waals surface area contributed by atoms with Gasteiger partial charge in [0.25, 0.3) is 0 Å². The van der Waals surface area contributed by atoms with Gasteiger partial charge in [0.2, 0.25) is 0 Å². The van der Waals surface area contributed by atoms with Crippen molar-refractivity contribution in [1.82, 2.24) is 10.3 Å². The maximum atomic E-state index is 13.4. The molecule has 5 heteroatoms. The largest absolute Gasteiger partial charge is 0.308 e. The highest BCUT2D eigenvalue weighted by Crippen LogP contribution is 2.24. The Morgan fingerprint density at radius 3 is 2.71 bits per heavy atom. The molecular weight excluding hydrogens is 399 g/mol. The lowest BCUT2D eigenvalue weighted by atomic mass is 10.0. The molecule has 1 atom stereocenters. The number of nitrogens with one attached hydrogen (secondary N) is 1. The van der Waals surface area contributed by atoms with Gasteiger partial charge in [0, 0.05) is 15.1 Å². The lowest BCUT2D eigenvalue weighted by molar-refractivity contribution is 0.515. The van der Waals surface area contributed by atoms with E-state index in [1.54, 1.807) is 18.3 Å². The van der Waals surface area contributed by atoms with Gasteiger partial charge in [-0.1, -0.05) is 22.9 Å². The van der Waals surface area contributed by atoms with Gasteiger partial charge in [0.1, 0.15) is 5.82 Å². The number of benzene rings is 1. The highest BCUT2D eigenvalue weighted by Gasteiger charge is 2.15. The van der Waals surface area contributed by atoms with Crippen LogP contribution in [0.2, 0.25) is 0 Å². The zero-order chi connectivity index (χ0) is 15.2. The minimum Gasteiger partial charge on any atom is -0.308 e. The molecule has 0 aliphatic rings. The van der Waals surface area contributed by atoms with Crippen molar-refractivity contribution >= 4 is 31.9 Å². The fraction of sp³-hybridized carbons (Fsp3) is 0.312. The maximum absolute atomic E-state index is 13.4. The van der Waals surface area contributed by atoms with E-state index in [2.05, 4.69) is 49.1 Å². The first-order chi connectivity index (χ1) is 10.1. The number of halogens is 3. The van der Waals surface area contributed by atoms with Gasteiger partial charge in [-0.05, 0) is 71.2 Å². The molecule has 1 N–H and O–H groups in total. The number of aromatic nitrogens is 1. The quantitative estimate of drug-likeness (QED) is 0.715. The fourth-order valence-electron chi connectivity index (χ4n) is 2.11. The van der Waals surface area contributed by atoms with E-state index in [0.717, 1.165) is 33.2 Å². The summed E-state index contributed by atoms with van der Waals surface area (Å²) in [5.74, 6) is -0.216. The SMILES string of the molecule is CCCNC(Cc1cc(F)ccc1Br)c1ccc(Br)cn1. The molecule has 1 aromatic carbocycles. The van der Waals surface area contributed by atoms with Crippen molar-refractivity contribution in [3.63, 3.8) is 0 Å². The second-order valence-electron chi connectivity index (χ2n) is 4.85. The highest BCUT2D eigenvalue weighted by atomic mass is 79.9. The summed E-state index contributed by atoms with van der Waals surface area (Å²) in [6.45, 7) is 3.02. The second-order valence-corrected chi connectivity index (χ2v) is 6.62. The van der Waals surface area contributed by atoms with Crippen molar-refractivity contribution in [2.24, 2.45) is 0 Å². The van der Waals surface area contributed by atoms with Crippen molar-refractivity contribution in [2.75, 3.05) is 6.54 Å². The fourth-order valence-corrected chi connectivity index (χ4v) is 2.76. The third-order valence-electron chi connectivity index (χ3n) is 3.18. The van der Waals surface area contributed by atoms with Crippen molar-refractivity contribution in [3.05, 3.63) is 62.5 Å². The van der Waals surface area contributed by atoms with Gasteiger partial charge in [0.05, 0.1) is 11.7 Å². The van der Waals surface area contributed by atoms with Crippen LogP contribution in [0.4, 0.5) is 4.39 Å². The summed E-state index contributed by atoms with van der Waals surface area (Å²) in [6, 6.07) is 8.81. The lowest BCUT2D eigenvalue weighted by Gasteiger charge is -2.19. The summed E-state index contributed by atoms with van der Waals surface area (Å²) >= 11 is 6.88. The molecule has 112 valence electrons. The van der Waals surface area contributed by atoms with Crippen molar-refractivity contribution < 1.29 is 4.39 Å². The molecule has 0 amide bonds. The molecule has 0 saturated heterocycles. The number of nitrogens with zero attached hydrogens (tertiary/aromatic N) is 1. The van der Waals surface area contributed by atoms with E-state index in [4.69, 9.17) is 0 Å². The zero-order valence-corrected chi connectivity index (χ0v) is 14.9. The third kappa shape index (κ3) is 4.87. The molecule has 1 aromatic heterocycles. The molecule has 0 saturated carbocycles. The Labute approximate surface area is 141 Å². The summed E-state index contributed by atoms with van der Waals surface area (Å²) < 4.78 is 15.3. The van der Waals surface area contributed by atoms with Crippen molar-refractivity contribution in [2.45, 2.75) is 25.8 Å². The molecule has 0 spiro atoms. The molecule has 0 bridgehead atoms. The number of hydrogen-bond acceptors (Lipinski definition) is 2. The zero-order valence-electron chi connectivity index (χ0n) is 11.7. The number of pyridine rings is 1. The Bertz CT molecular complexity index is 587. The highest BCUT2D eigenvalue weighted by molar-refractivity contribution is 9.10. The Morgan fingerprint density at radius 1 is 1.24 bits per heavy atom. The molecule has 1 unspecified atom stereocenters. The summed E-state index contributed by atoms with van der Waals surface area (Å²) in [7, 11) is 0. The molecule has 2 nitrogen and oxygen atoms in total. The van der Waals surface area contributed by atoms with E-state index < -0.39 is 0 Å². The topological polar surface area (TPSA) is 24.9 Å². The molecule has 0 fully saturated rings. The summed E-state index contributed by atoms with van der Waals surface area (Å²) in [6.07, 6.45) is 3.51. The van der Waals surface area contributed by atoms with E-state index in [9.17, 15) is 4.39 Å². The van der Waals surface area contributed by atoms with Gasteiger partial charge in [-0.15, -0.1) is 0 Å². The first-order valence-electron chi connectivity index (χ1n) is 6.89. The average Bonchev–Trinajstić information content (AvgIpc) is 2.48. The van der Waals surface area contributed by atoms with Crippen LogP contribution in [0.25, 0.3) is 0 Å². The van der Waals surface area contributed by atoms with Crippen LogP contribution in [0, 0.1) is 5.82 Å². The monoisotopic (exact) mass is 414 g/mol. The standard InChI is InChI=1S/C16H17Br2FN2/c1-2-7-20-16(15-6-3-12(17)10-21-15)9-11-8-13(19)4-5-14(11)18/h3-6,8,10,16,20H,2,7,9H2,1H3. The van der Waals surface area contributed by atoms with Crippen molar-refractivity contribution in [1.29, 1.82) is 0 Å². The smallest absolute Gasteiger partial charge is 0.123 e. The second kappa shape index (κ2) is 8.01. The van der Waals surface area contributed by atoms with E-state index in [1.165, 1.54) is 6.07 Å². The maximum Gasteiger partial charge on any atom is 0.123 e. The van der Waals surface area contributed by atoms with Gasteiger partial charge in [-0.3, -0.25) is 4.98 Å². The molecule has 2 aromatic rings. The molecule has 0 aliphatic heterocycles. The third-order valence-corrected chi connectivity index (χ3v) is 4.42. The Balaban J connectivity index is 2.23. The minimum atomic E-state index is -0.216. The van der Waals surface area contributed by atoms with Gasteiger partial charge < -0.3 is 5.32 Å². The Hall–Kier alpha value is -0.780. The van der Waals surface area contributed by atoms with Crippen molar-refractivity contribution in [3.8, 4) is 0 Å². The van der Waals surface area contributed by atoms with Crippen LogP contribution < -0.4 is 5.32 Å². The number of hydrogen-bond donors (Lipinski definition) is 1. The summed E-state index contributed by atoms with van der Waals surface area (Å²) in [5.41, 5.74) is 1.90. The predicted octanol–water partition coefficient (Wildman–Crippen LogP) is 5.03. The van der Waals surface area contributed by atoms with Crippen LogP contribution in [0.3, 0.4) is 0 Å². The van der Waals surface area contributed by atoms with Crippen LogP contribution in [0.15, 0.2) is 45.5 Å². The average molecular weight is 416 g/mol. The van der Waals surface area contributed by atoms with Gasteiger partial charge >= 0.3 is 0 Å². The molecule has 0 aliphatic carbocycles. The van der Waals surface area contributed by atoms with Crippen LogP contribution >= 0.6 is 31.9 Å². The predicted molar refractivity (Wildman–Crippen MR) is 90.8 cm³/mol. The Kier molecular flexibility index (Phi) is 6.33. The van der Waals surface area contributed by atoms with Gasteiger partial charge in [-0.2, -0.15) is 0 Å². The summed E-state index contributed by atoms with van der Waals surface area (Å²) in [4.78, 5) is 4.46. The molecule has 2 rings (SSSR count). The van der Waals surface area contributed by atoms with Gasteiger partial charge in [0.15, 0.2) is 0 Å². The molecule has 0 radical (unpaired) electrons. The molecule has 21 heavy (non-hydrogen) atoms.